The van der Waals surface area contributed by atoms with Gasteiger partial charge in [-0.2, -0.15) is 0 Å². The van der Waals surface area contributed by atoms with Gasteiger partial charge >= 0.3 is 0 Å². The molecule has 1 unspecified atom stereocenters. The fraction of sp³-hybridized carbons (Fsp3) is 0.556. The van der Waals surface area contributed by atoms with Crippen LogP contribution in [0.15, 0.2) is 40.2 Å². The van der Waals surface area contributed by atoms with Crippen molar-refractivity contribution in [1.82, 2.24) is 15.5 Å². The quantitative estimate of drug-likeness (QED) is 0.188. The molecule has 0 saturated carbocycles. The van der Waals surface area contributed by atoms with Crippen LogP contribution in [0.4, 0.5) is 0 Å². The van der Waals surface area contributed by atoms with Gasteiger partial charge in [0.25, 0.3) is 0 Å². The van der Waals surface area contributed by atoms with Crippen molar-refractivity contribution in [2.45, 2.75) is 36.8 Å². The van der Waals surface area contributed by atoms with Gasteiger partial charge < -0.3 is 15.5 Å². The number of amides is 1. The number of benzene rings is 1. The number of hydrogen-bond acceptors (Lipinski definition) is 3. The molecule has 1 aromatic rings. The van der Waals surface area contributed by atoms with E-state index in [9.17, 15) is 4.79 Å². The molecule has 0 fully saturated rings. The van der Waals surface area contributed by atoms with Gasteiger partial charge in [-0.25, -0.2) is 4.99 Å². The number of thioether (sulfide) groups is 1. The summed E-state index contributed by atoms with van der Waals surface area (Å²) in [6, 6.07) is 10.4. The second kappa shape index (κ2) is 14.2. The number of nitrogens with zero attached hydrogens (tertiary/aromatic N) is 2. The molecule has 0 aliphatic carbocycles. The van der Waals surface area contributed by atoms with Crippen LogP contribution in [0.25, 0.3) is 0 Å². The third-order valence-electron chi connectivity index (χ3n) is 3.33. The van der Waals surface area contributed by atoms with Gasteiger partial charge in [-0.1, -0.05) is 38.5 Å². The molecule has 0 aliphatic heterocycles. The van der Waals surface area contributed by atoms with Gasteiger partial charge in [-0.05, 0) is 18.6 Å². The van der Waals surface area contributed by atoms with E-state index >= 15 is 0 Å². The average Bonchev–Trinajstić information content (AvgIpc) is 2.57. The molecule has 2 N–H and O–H groups in total. The molecule has 142 valence electrons. The lowest BCUT2D eigenvalue weighted by molar-refractivity contribution is -0.127. The number of carbonyl (C=O) groups excluding carboxylic acids is 1. The molecule has 1 aromatic carbocycles. The van der Waals surface area contributed by atoms with Gasteiger partial charge in [0.05, 0.1) is 0 Å². The summed E-state index contributed by atoms with van der Waals surface area (Å²) in [5.74, 6) is 0.706. The summed E-state index contributed by atoms with van der Waals surface area (Å²) in [6.07, 6.45) is 2.20. The molecular weight excluding hydrogens is 447 g/mol. The maximum absolute atomic E-state index is 11.7. The molecule has 7 heteroatoms. The Kier molecular flexibility index (Phi) is 13.7. The Hall–Kier alpha value is -0.960. The van der Waals surface area contributed by atoms with Crippen LogP contribution in [0, 0.1) is 0 Å². The smallest absolute Gasteiger partial charge is 0.243 e. The molecule has 0 spiro atoms. The molecule has 0 saturated heterocycles. The molecule has 1 atom stereocenters. The second-order valence-electron chi connectivity index (χ2n) is 5.86. The summed E-state index contributed by atoms with van der Waals surface area (Å²) in [4.78, 5) is 18.9. The van der Waals surface area contributed by atoms with Crippen LogP contribution in [0.3, 0.4) is 0 Å². The zero-order valence-corrected chi connectivity index (χ0v) is 18.8. The molecule has 0 aliphatic rings. The van der Waals surface area contributed by atoms with Crippen LogP contribution in [0.2, 0.25) is 0 Å². The van der Waals surface area contributed by atoms with Crippen molar-refractivity contribution >= 4 is 47.6 Å². The fourth-order valence-corrected chi connectivity index (χ4v) is 2.80. The van der Waals surface area contributed by atoms with Gasteiger partial charge in [0.2, 0.25) is 5.91 Å². The Morgan fingerprint density at radius 1 is 1.24 bits per heavy atom. The SMILES string of the molecule is CCCCNC(=NCC(=O)N(C)C)NCC(C)Sc1ccccc1.I. The summed E-state index contributed by atoms with van der Waals surface area (Å²) in [5.41, 5.74) is 0. The van der Waals surface area contributed by atoms with Crippen molar-refractivity contribution in [2.24, 2.45) is 4.99 Å². The zero-order valence-electron chi connectivity index (χ0n) is 15.6. The second-order valence-corrected chi connectivity index (χ2v) is 7.37. The molecule has 1 amide bonds. The third-order valence-corrected chi connectivity index (χ3v) is 4.44. The predicted octanol–water partition coefficient (Wildman–Crippen LogP) is 3.21. The molecule has 0 aromatic heterocycles. The van der Waals surface area contributed by atoms with E-state index in [4.69, 9.17) is 0 Å². The van der Waals surface area contributed by atoms with Crippen molar-refractivity contribution in [3.8, 4) is 0 Å². The molecular formula is C18H31IN4OS. The van der Waals surface area contributed by atoms with Gasteiger partial charge in [0.15, 0.2) is 5.96 Å². The lowest BCUT2D eigenvalue weighted by atomic mass is 10.3. The van der Waals surface area contributed by atoms with Crippen molar-refractivity contribution < 1.29 is 4.79 Å². The van der Waals surface area contributed by atoms with Crippen LogP contribution in [-0.4, -0.2) is 55.7 Å². The highest BCUT2D eigenvalue weighted by Gasteiger charge is 2.07. The van der Waals surface area contributed by atoms with Crippen LogP contribution in [-0.2, 0) is 4.79 Å². The van der Waals surface area contributed by atoms with Crippen molar-refractivity contribution in [1.29, 1.82) is 0 Å². The van der Waals surface area contributed by atoms with E-state index in [-0.39, 0.29) is 36.4 Å². The summed E-state index contributed by atoms with van der Waals surface area (Å²) < 4.78 is 0. The molecule has 5 nitrogen and oxygen atoms in total. The number of nitrogens with one attached hydrogen (secondary N) is 2. The number of carbonyl (C=O) groups is 1. The minimum absolute atomic E-state index is 0. The van der Waals surface area contributed by atoms with Gasteiger partial charge in [-0.15, -0.1) is 35.7 Å². The monoisotopic (exact) mass is 478 g/mol. The average molecular weight is 478 g/mol. The lowest BCUT2D eigenvalue weighted by Gasteiger charge is -2.16. The van der Waals surface area contributed by atoms with Gasteiger partial charge in [0, 0.05) is 37.3 Å². The topological polar surface area (TPSA) is 56.7 Å². The van der Waals surface area contributed by atoms with Crippen LogP contribution >= 0.6 is 35.7 Å². The van der Waals surface area contributed by atoms with E-state index in [1.807, 2.05) is 17.8 Å². The first kappa shape index (κ1) is 24.0. The summed E-state index contributed by atoms with van der Waals surface area (Å²) in [7, 11) is 3.49. The maximum atomic E-state index is 11.7. The lowest BCUT2D eigenvalue weighted by Crippen LogP contribution is -2.41. The Bertz CT molecular complexity index is 511. The van der Waals surface area contributed by atoms with E-state index in [0.717, 1.165) is 25.9 Å². The number of guanidine groups is 1. The zero-order chi connectivity index (χ0) is 17.8. The Morgan fingerprint density at radius 2 is 1.92 bits per heavy atom. The predicted molar refractivity (Wildman–Crippen MR) is 119 cm³/mol. The number of hydrogen-bond donors (Lipinski definition) is 2. The number of likely N-dealkylation sites (N-methyl/N-ethyl adjacent to an activating group) is 1. The first-order valence-electron chi connectivity index (χ1n) is 8.47. The normalized spacial score (nSPS) is 12.1. The third kappa shape index (κ3) is 11.3. The van der Waals surface area contributed by atoms with Crippen LogP contribution in [0.1, 0.15) is 26.7 Å². The summed E-state index contributed by atoms with van der Waals surface area (Å²) in [5, 5.41) is 7.03. The van der Waals surface area contributed by atoms with E-state index in [0.29, 0.717) is 11.2 Å². The Morgan fingerprint density at radius 3 is 2.52 bits per heavy atom. The largest absolute Gasteiger partial charge is 0.356 e. The number of halogens is 1. The highest BCUT2D eigenvalue weighted by atomic mass is 127. The maximum Gasteiger partial charge on any atom is 0.243 e. The van der Waals surface area contributed by atoms with E-state index in [2.05, 4.69) is 53.7 Å². The molecule has 0 heterocycles. The van der Waals surface area contributed by atoms with E-state index in [1.165, 1.54) is 4.90 Å². The fourth-order valence-electron chi connectivity index (χ4n) is 1.86. The molecule has 0 radical (unpaired) electrons. The van der Waals surface area contributed by atoms with Crippen molar-refractivity contribution in [2.75, 3.05) is 33.7 Å². The minimum atomic E-state index is -0.00157. The Labute approximate surface area is 173 Å². The number of rotatable bonds is 9. The van der Waals surface area contributed by atoms with Crippen LogP contribution in [0.5, 0.6) is 0 Å². The van der Waals surface area contributed by atoms with E-state index < -0.39 is 0 Å². The highest BCUT2D eigenvalue weighted by Crippen LogP contribution is 2.21. The van der Waals surface area contributed by atoms with Gasteiger partial charge in [0.1, 0.15) is 6.54 Å². The molecule has 0 bridgehead atoms. The van der Waals surface area contributed by atoms with Crippen molar-refractivity contribution in [3.63, 3.8) is 0 Å². The summed E-state index contributed by atoms with van der Waals surface area (Å²) >= 11 is 1.82. The number of aliphatic imine (C=N–C) groups is 1. The van der Waals surface area contributed by atoms with Gasteiger partial charge in [-0.3, -0.25) is 4.79 Å². The van der Waals surface area contributed by atoms with Crippen molar-refractivity contribution in [3.05, 3.63) is 30.3 Å². The highest BCUT2D eigenvalue weighted by molar-refractivity contribution is 14.0. The molecule has 1 rings (SSSR count). The number of unbranched alkanes of at least 4 members (excludes halogenated alkanes) is 1. The Balaban J connectivity index is 0.00000576. The summed E-state index contributed by atoms with van der Waals surface area (Å²) in [6.45, 7) is 6.14. The first-order valence-corrected chi connectivity index (χ1v) is 9.35. The first-order chi connectivity index (χ1) is 11.5. The van der Waals surface area contributed by atoms with E-state index in [1.54, 1.807) is 19.0 Å². The standard InChI is InChI=1S/C18H30N4OS.HI/c1-5-6-12-19-18(21-14-17(23)22(3)4)20-13-15(2)24-16-10-8-7-9-11-16;/h7-11,15H,5-6,12-14H2,1-4H3,(H2,19,20,21);1H. The molecule has 25 heavy (non-hydrogen) atoms. The minimum Gasteiger partial charge on any atom is -0.356 e. The van der Waals surface area contributed by atoms with Crippen LogP contribution < -0.4 is 10.6 Å².